The fraction of sp³-hybridized carbons (Fsp3) is 0.346. The summed E-state index contributed by atoms with van der Waals surface area (Å²) in [4.78, 5) is 38.7. The van der Waals surface area contributed by atoms with Crippen molar-refractivity contribution < 1.29 is 14.0 Å². The average molecular weight is 479 g/mol. The lowest BCUT2D eigenvalue weighted by Gasteiger charge is -2.44. The number of benzene rings is 2. The van der Waals surface area contributed by atoms with Gasteiger partial charge in [-0.05, 0) is 22.3 Å². The third kappa shape index (κ3) is 4.24. The van der Waals surface area contributed by atoms with Crippen LogP contribution in [0.15, 0.2) is 76.4 Å². The fourth-order valence-corrected chi connectivity index (χ4v) is 9.49. The Kier molecular flexibility index (Phi) is 6.57. The van der Waals surface area contributed by atoms with Crippen molar-refractivity contribution in [3.63, 3.8) is 0 Å². The highest BCUT2D eigenvalue weighted by Gasteiger charge is 2.53. The highest BCUT2D eigenvalue weighted by molar-refractivity contribution is 6.99. The maximum Gasteiger partial charge on any atom is 0.330 e. The summed E-state index contributed by atoms with van der Waals surface area (Å²) in [5.41, 5.74) is -0.621. The summed E-state index contributed by atoms with van der Waals surface area (Å²) >= 11 is 0. The topological polar surface area (TPSA) is 90.4 Å². The predicted octanol–water partition coefficient (Wildman–Crippen LogP) is 2.28. The predicted molar refractivity (Wildman–Crippen MR) is 133 cm³/mol. The molecular formula is C26H30N2O5Si. The van der Waals surface area contributed by atoms with Crippen LogP contribution in [0, 0.1) is 6.92 Å². The standard InChI is InChI=1S/C26H30N2O5Si/c1-18-16-28(25(31)27-24(18)30)23-15-21(22(17-29)32-23)33-34(26(2,3)4,19-11-7-5-8-12-19)20-13-9-6-10-14-20/h5-14,16-17,21-23H,15H2,1-4H3,(H,27,30,31). The molecule has 2 heterocycles. The Labute approximate surface area is 199 Å². The molecule has 34 heavy (non-hydrogen) atoms. The minimum atomic E-state index is -2.92. The molecule has 0 radical (unpaired) electrons. The summed E-state index contributed by atoms with van der Waals surface area (Å²) in [5, 5.41) is 1.92. The molecule has 1 aromatic heterocycles. The molecule has 1 N–H and O–H groups in total. The van der Waals surface area contributed by atoms with Gasteiger partial charge in [0.05, 0.1) is 6.10 Å². The third-order valence-corrected chi connectivity index (χ3v) is 11.5. The molecule has 0 spiro atoms. The van der Waals surface area contributed by atoms with E-state index in [1.54, 1.807) is 6.92 Å². The van der Waals surface area contributed by atoms with Crippen LogP contribution in [0.2, 0.25) is 5.04 Å². The zero-order chi connectivity index (χ0) is 24.5. The van der Waals surface area contributed by atoms with E-state index < -0.39 is 38.0 Å². The van der Waals surface area contributed by atoms with Gasteiger partial charge in [0.15, 0.2) is 6.29 Å². The van der Waals surface area contributed by atoms with E-state index in [1.165, 1.54) is 10.8 Å². The van der Waals surface area contributed by atoms with Crippen LogP contribution in [0.5, 0.6) is 0 Å². The molecule has 1 aliphatic heterocycles. The number of aromatic nitrogens is 2. The van der Waals surface area contributed by atoms with Gasteiger partial charge in [0, 0.05) is 18.2 Å². The molecule has 3 aromatic rings. The third-order valence-electron chi connectivity index (χ3n) is 6.45. The molecule has 3 atom stereocenters. The number of aryl methyl sites for hydroxylation is 1. The zero-order valence-corrected chi connectivity index (χ0v) is 20.9. The van der Waals surface area contributed by atoms with Crippen LogP contribution in [-0.4, -0.2) is 36.4 Å². The van der Waals surface area contributed by atoms with E-state index in [2.05, 4.69) is 50.0 Å². The van der Waals surface area contributed by atoms with Crippen molar-refractivity contribution in [2.24, 2.45) is 0 Å². The fourth-order valence-electron chi connectivity index (χ4n) is 4.79. The summed E-state index contributed by atoms with van der Waals surface area (Å²) in [6.07, 6.45) is 0.393. The van der Waals surface area contributed by atoms with Gasteiger partial charge in [0.1, 0.15) is 12.3 Å². The van der Waals surface area contributed by atoms with Crippen LogP contribution in [0.3, 0.4) is 0 Å². The quantitative estimate of drug-likeness (QED) is 0.434. The molecule has 0 bridgehead atoms. The van der Waals surface area contributed by atoms with Crippen LogP contribution < -0.4 is 21.6 Å². The second-order valence-electron chi connectivity index (χ2n) is 9.73. The van der Waals surface area contributed by atoms with Gasteiger partial charge in [-0.15, -0.1) is 0 Å². The lowest BCUT2D eigenvalue weighted by Crippen LogP contribution is -2.68. The molecule has 1 aliphatic rings. The number of nitrogens with zero attached hydrogens (tertiary/aromatic N) is 1. The molecule has 2 aromatic carbocycles. The van der Waals surface area contributed by atoms with Crippen LogP contribution in [0.1, 0.15) is 39.0 Å². The van der Waals surface area contributed by atoms with Crippen molar-refractivity contribution in [2.45, 2.75) is 57.6 Å². The van der Waals surface area contributed by atoms with Gasteiger partial charge in [0.25, 0.3) is 13.9 Å². The Hall–Kier alpha value is -3.07. The molecule has 0 aliphatic carbocycles. The number of carbonyl (C=O) groups is 1. The Morgan fingerprint density at radius 3 is 2.09 bits per heavy atom. The Bertz CT molecular complexity index is 1220. The number of hydrogen-bond acceptors (Lipinski definition) is 5. The van der Waals surface area contributed by atoms with E-state index in [9.17, 15) is 14.4 Å². The molecule has 7 nitrogen and oxygen atoms in total. The summed E-state index contributed by atoms with van der Waals surface area (Å²) in [5.74, 6) is 0. The number of carbonyl (C=O) groups excluding carboxylic acids is 1. The van der Waals surface area contributed by atoms with Gasteiger partial charge < -0.3 is 14.0 Å². The van der Waals surface area contributed by atoms with Crippen molar-refractivity contribution in [1.29, 1.82) is 0 Å². The number of nitrogens with one attached hydrogen (secondary N) is 1. The van der Waals surface area contributed by atoms with Gasteiger partial charge in [-0.1, -0.05) is 81.4 Å². The number of hydrogen-bond donors (Lipinski definition) is 1. The van der Waals surface area contributed by atoms with E-state index in [4.69, 9.17) is 9.16 Å². The van der Waals surface area contributed by atoms with Gasteiger partial charge >= 0.3 is 5.69 Å². The number of aromatic amines is 1. The Morgan fingerprint density at radius 2 is 1.59 bits per heavy atom. The van der Waals surface area contributed by atoms with E-state index in [0.717, 1.165) is 16.7 Å². The van der Waals surface area contributed by atoms with Gasteiger partial charge in [0.2, 0.25) is 0 Å². The van der Waals surface area contributed by atoms with E-state index in [0.29, 0.717) is 12.0 Å². The van der Waals surface area contributed by atoms with Gasteiger partial charge in [-0.3, -0.25) is 14.3 Å². The first kappa shape index (κ1) is 24.1. The van der Waals surface area contributed by atoms with Crippen LogP contribution in [0.25, 0.3) is 0 Å². The van der Waals surface area contributed by atoms with Gasteiger partial charge in [-0.2, -0.15) is 0 Å². The Balaban J connectivity index is 1.80. The largest absolute Gasteiger partial charge is 0.401 e. The first-order valence-electron chi connectivity index (χ1n) is 11.4. The van der Waals surface area contributed by atoms with Crippen LogP contribution in [0.4, 0.5) is 0 Å². The van der Waals surface area contributed by atoms with Crippen molar-refractivity contribution in [3.8, 4) is 0 Å². The molecule has 178 valence electrons. The number of rotatable bonds is 6. The molecule has 8 heteroatoms. The summed E-state index contributed by atoms with van der Waals surface area (Å²) in [6, 6.07) is 20.3. The normalized spacial score (nSPS) is 20.9. The first-order valence-corrected chi connectivity index (χ1v) is 13.3. The lowest BCUT2D eigenvalue weighted by molar-refractivity contribution is -0.122. The van der Waals surface area contributed by atoms with E-state index >= 15 is 0 Å². The molecule has 3 unspecified atom stereocenters. The van der Waals surface area contributed by atoms with Crippen molar-refractivity contribution >= 4 is 25.0 Å². The SMILES string of the molecule is Cc1cn(C2CC(O[Si](c3ccccc3)(c3ccccc3)C(C)(C)C)C(C=O)O2)c(=O)[nH]c1=O. The molecule has 0 amide bonds. The highest BCUT2D eigenvalue weighted by atomic mass is 28.4. The van der Waals surface area contributed by atoms with Crippen molar-refractivity contribution in [2.75, 3.05) is 0 Å². The minimum Gasteiger partial charge on any atom is -0.401 e. The summed E-state index contributed by atoms with van der Waals surface area (Å²) in [7, 11) is -2.92. The van der Waals surface area contributed by atoms with Gasteiger partial charge in [-0.25, -0.2) is 4.79 Å². The van der Waals surface area contributed by atoms with Crippen LogP contribution >= 0.6 is 0 Å². The van der Waals surface area contributed by atoms with E-state index in [-0.39, 0.29) is 5.04 Å². The monoisotopic (exact) mass is 478 g/mol. The maximum atomic E-state index is 12.5. The molecular weight excluding hydrogens is 448 g/mol. The number of aldehydes is 1. The maximum absolute atomic E-state index is 12.5. The van der Waals surface area contributed by atoms with E-state index in [1.807, 2.05) is 36.4 Å². The highest BCUT2D eigenvalue weighted by Crippen LogP contribution is 2.40. The van der Waals surface area contributed by atoms with Crippen molar-refractivity contribution in [3.05, 3.63) is 93.3 Å². The first-order chi connectivity index (χ1) is 16.2. The second kappa shape index (κ2) is 9.29. The number of H-pyrrole nitrogens is 1. The molecule has 4 rings (SSSR count). The smallest absolute Gasteiger partial charge is 0.330 e. The minimum absolute atomic E-state index is 0.271. The lowest BCUT2D eigenvalue weighted by atomic mass is 10.2. The number of ether oxygens (including phenoxy) is 1. The summed E-state index contributed by atoms with van der Waals surface area (Å²) in [6.45, 7) is 8.12. The molecule has 1 saturated heterocycles. The molecule has 1 fully saturated rings. The van der Waals surface area contributed by atoms with Crippen LogP contribution in [-0.2, 0) is 14.0 Å². The zero-order valence-electron chi connectivity index (χ0n) is 19.9. The Morgan fingerprint density at radius 1 is 1.03 bits per heavy atom. The summed E-state index contributed by atoms with van der Waals surface area (Å²) < 4.78 is 14.4. The average Bonchev–Trinajstić information content (AvgIpc) is 3.22. The molecule has 0 saturated carbocycles. The second-order valence-corrected chi connectivity index (χ2v) is 14.0. The van der Waals surface area contributed by atoms with Crippen molar-refractivity contribution in [1.82, 2.24) is 9.55 Å².